The zero-order chi connectivity index (χ0) is 13.7. The van der Waals surface area contributed by atoms with E-state index >= 15 is 0 Å². The highest BCUT2D eigenvalue weighted by Gasteiger charge is 2.08. The molecule has 0 saturated carbocycles. The lowest BCUT2D eigenvalue weighted by Crippen LogP contribution is -2.39. The quantitative estimate of drug-likeness (QED) is 0.838. The Balaban J connectivity index is 1.87. The maximum atomic E-state index is 11.8. The van der Waals surface area contributed by atoms with E-state index in [1.165, 1.54) is 10.6 Å². The molecule has 0 fully saturated rings. The van der Waals surface area contributed by atoms with Crippen molar-refractivity contribution in [2.24, 2.45) is 0 Å². The minimum absolute atomic E-state index is 0.0267. The van der Waals surface area contributed by atoms with Gasteiger partial charge in [-0.25, -0.2) is 4.98 Å². The Hall–Kier alpha value is -2.37. The van der Waals surface area contributed by atoms with Gasteiger partial charge in [-0.2, -0.15) is 0 Å². The van der Waals surface area contributed by atoms with Crippen LogP contribution < -0.4 is 10.9 Å². The highest BCUT2D eigenvalue weighted by atomic mass is 16.2. The first kappa shape index (κ1) is 13.1. The van der Waals surface area contributed by atoms with Gasteiger partial charge in [-0.05, 0) is 13.0 Å². The molecule has 1 amide bonds. The van der Waals surface area contributed by atoms with E-state index in [1.807, 2.05) is 17.7 Å². The van der Waals surface area contributed by atoms with E-state index in [2.05, 4.69) is 10.3 Å². The zero-order valence-corrected chi connectivity index (χ0v) is 10.7. The van der Waals surface area contributed by atoms with E-state index in [0.29, 0.717) is 6.54 Å². The number of rotatable bonds is 5. The number of carbonyl (C=O) groups excluding carboxylic acids is 1. The number of imidazole rings is 1. The Labute approximate surface area is 110 Å². The summed E-state index contributed by atoms with van der Waals surface area (Å²) in [4.78, 5) is 27.2. The largest absolute Gasteiger partial charge is 0.350 e. The molecule has 100 valence electrons. The second-order valence-electron chi connectivity index (χ2n) is 4.39. The molecule has 0 unspecified atom stereocenters. The first-order chi connectivity index (χ1) is 9.15. The summed E-state index contributed by atoms with van der Waals surface area (Å²) in [6.45, 7) is 2.59. The number of pyridine rings is 1. The van der Waals surface area contributed by atoms with Crippen LogP contribution in [0.3, 0.4) is 0 Å². The van der Waals surface area contributed by atoms with Crippen LogP contribution in [0.2, 0.25) is 0 Å². The van der Waals surface area contributed by atoms with Gasteiger partial charge < -0.3 is 14.5 Å². The van der Waals surface area contributed by atoms with Crippen LogP contribution in [-0.2, 0) is 17.9 Å². The molecule has 0 aromatic carbocycles. The Morgan fingerprint density at radius 2 is 2.26 bits per heavy atom. The van der Waals surface area contributed by atoms with Crippen molar-refractivity contribution in [1.82, 2.24) is 19.4 Å². The summed E-state index contributed by atoms with van der Waals surface area (Å²) in [7, 11) is 0. The predicted molar refractivity (Wildman–Crippen MR) is 70.5 cm³/mol. The second-order valence-corrected chi connectivity index (χ2v) is 4.39. The molecule has 0 aliphatic carbocycles. The summed E-state index contributed by atoms with van der Waals surface area (Å²) in [6.07, 6.45) is 6.83. The Bertz CT molecular complexity index is 589. The van der Waals surface area contributed by atoms with Crippen LogP contribution in [0.15, 0.2) is 47.9 Å². The summed E-state index contributed by atoms with van der Waals surface area (Å²) in [5.41, 5.74) is -0.181. The number of hydrogen-bond acceptors (Lipinski definition) is 3. The van der Waals surface area contributed by atoms with Gasteiger partial charge in [0.15, 0.2) is 0 Å². The van der Waals surface area contributed by atoms with Crippen LogP contribution in [0.25, 0.3) is 0 Å². The van der Waals surface area contributed by atoms with Gasteiger partial charge in [0.2, 0.25) is 5.91 Å². The number of aromatic nitrogens is 3. The van der Waals surface area contributed by atoms with Crippen molar-refractivity contribution in [3.05, 3.63) is 53.5 Å². The highest BCUT2D eigenvalue weighted by molar-refractivity contribution is 5.75. The van der Waals surface area contributed by atoms with Gasteiger partial charge in [-0.3, -0.25) is 9.59 Å². The number of nitrogens with one attached hydrogen (secondary N) is 1. The van der Waals surface area contributed by atoms with Crippen molar-refractivity contribution in [2.75, 3.05) is 0 Å². The lowest BCUT2D eigenvalue weighted by atomic mass is 10.3. The molecule has 0 radical (unpaired) electrons. The molecule has 1 atom stereocenters. The molecule has 0 saturated heterocycles. The fourth-order valence-electron chi connectivity index (χ4n) is 1.82. The van der Waals surface area contributed by atoms with Gasteiger partial charge in [-0.1, -0.05) is 6.07 Å². The third kappa shape index (κ3) is 3.80. The van der Waals surface area contributed by atoms with Crippen molar-refractivity contribution >= 4 is 5.91 Å². The summed E-state index contributed by atoms with van der Waals surface area (Å²) < 4.78 is 3.26. The topological polar surface area (TPSA) is 68.9 Å². The Kier molecular flexibility index (Phi) is 4.12. The standard InChI is InChI=1S/C13H16N4O2/c1-11(8-16-7-5-14-10-16)15-12(18)9-17-6-3-2-4-13(17)19/h2-7,10-11H,8-9H2,1H3,(H,15,18)/t11-/m0/s1. The van der Waals surface area contributed by atoms with Crippen LogP contribution in [0.4, 0.5) is 0 Å². The SMILES string of the molecule is C[C@@H](Cn1ccnc1)NC(=O)Cn1ccccc1=O. The van der Waals surface area contributed by atoms with Crippen molar-refractivity contribution in [2.45, 2.75) is 26.1 Å². The fraction of sp³-hybridized carbons (Fsp3) is 0.308. The predicted octanol–water partition coefficient (Wildman–Crippen LogP) is 0.250. The summed E-state index contributed by atoms with van der Waals surface area (Å²) >= 11 is 0. The van der Waals surface area contributed by atoms with E-state index < -0.39 is 0 Å². The van der Waals surface area contributed by atoms with E-state index in [1.54, 1.807) is 30.9 Å². The molecule has 0 bridgehead atoms. The molecule has 2 aromatic heterocycles. The number of amides is 1. The minimum atomic E-state index is -0.181. The van der Waals surface area contributed by atoms with Gasteiger partial charge in [0.05, 0.1) is 6.33 Å². The van der Waals surface area contributed by atoms with E-state index in [0.717, 1.165) is 0 Å². The van der Waals surface area contributed by atoms with Crippen molar-refractivity contribution in [3.8, 4) is 0 Å². The smallest absolute Gasteiger partial charge is 0.250 e. The van der Waals surface area contributed by atoms with Crippen LogP contribution in [0, 0.1) is 0 Å². The molecule has 0 spiro atoms. The van der Waals surface area contributed by atoms with E-state index in [9.17, 15) is 9.59 Å². The van der Waals surface area contributed by atoms with Gasteiger partial charge in [0, 0.05) is 37.2 Å². The Morgan fingerprint density at radius 1 is 1.42 bits per heavy atom. The molecule has 19 heavy (non-hydrogen) atoms. The second kappa shape index (κ2) is 5.99. The number of hydrogen-bond donors (Lipinski definition) is 1. The highest BCUT2D eigenvalue weighted by Crippen LogP contribution is 1.92. The van der Waals surface area contributed by atoms with Gasteiger partial charge in [-0.15, -0.1) is 0 Å². The number of carbonyl (C=O) groups is 1. The summed E-state index contributed by atoms with van der Waals surface area (Å²) in [5.74, 6) is -0.180. The van der Waals surface area contributed by atoms with Crippen molar-refractivity contribution in [1.29, 1.82) is 0 Å². The number of nitrogens with zero attached hydrogens (tertiary/aromatic N) is 3. The Morgan fingerprint density at radius 3 is 2.95 bits per heavy atom. The van der Waals surface area contributed by atoms with E-state index in [-0.39, 0.29) is 24.1 Å². The van der Waals surface area contributed by atoms with Crippen LogP contribution in [0.1, 0.15) is 6.92 Å². The monoisotopic (exact) mass is 260 g/mol. The normalized spacial score (nSPS) is 12.1. The molecule has 6 nitrogen and oxygen atoms in total. The lowest BCUT2D eigenvalue weighted by Gasteiger charge is -2.14. The molecule has 2 aromatic rings. The van der Waals surface area contributed by atoms with Crippen molar-refractivity contribution in [3.63, 3.8) is 0 Å². The first-order valence-electron chi connectivity index (χ1n) is 6.06. The molecule has 1 N–H and O–H groups in total. The van der Waals surface area contributed by atoms with Crippen LogP contribution in [-0.4, -0.2) is 26.1 Å². The lowest BCUT2D eigenvalue weighted by molar-refractivity contribution is -0.122. The van der Waals surface area contributed by atoms with E-state index in [4.69, 9.17) is 0 Å². The third-order valence-electron chi connectivity index (χ3n) is 2.66. The fourth-order valence-corrected chi connectivity index (χ4v) is 1.82. The van der Waals surface area contributed by atoms with Gasteiger partial charge in [0.1, 0.15) is 6.54 Å². The molecule has 0 aliphatic heterocycles. The molecular weight excluding hydrogens is 244 g/mol. The zero-order valence-electron chi connectivity index (χ0n) is 10.7. The van der Waals surface area contributed by atoms with Crippen molar-refractivity contribution < 1.29 is 4.79 Å². The summed E-state index contributed by atoms with van der Waals surface area (Å²) in [6, 6.07) is 4.78. The average molecular weight is 260 g/mol. The molecule has 0 aliphatic rings. The third-order valence-corrected chi connectivity index (χ3v) is 2.66. The van der Waals surface area contributed by atoms with Crippen LogP contribution >= 0.6 is 0 Å². The van der Waals surface area contributed by atoms with Gasteiger partial charge in [0.25, 0.3) is 5.56 Å². The molecule has 2 rings (SSSR count). The van der Waals surface area contributed by atoms with Crippen LogP contribution in [0.5, 0.6) is 0 Å². The average Bonchev–Trinajstić information content (AvgIpc) is 2.84. The maximum Gasteiger partial charge on any atom is 0.250 e. The molecule has 6 heteroatoms. The minimum Gasteiger partial charge on any atom is -0.350 e. The first-order valence-corrected chi connectivity index (χ1v) is 6.06. The molecule has 2 heterocycles. The summed E-state index contributed by atoms with van der Waals surface area (Å²) in [5, 5.41) is 2.85. The molecular formula is C13H16N4O2. The maximum absolute atomic E-state index is 11.8. The van der Waals surface area contributed by atoms with Gasteiger partial charge >= 0.3 is 0 Å².